The van der Waals surface area contributed by atoms with E-state index >= 15 is 0 Å². The van der Waals surface area contributed by atoms with Gasteiger partial charge in [0.2, 0.25) is 5.69 Å². The van der Waals surface area contributed by atoms with Gasteiger partial charge in [0.15, 0.2) is 3.01 Å². The van der Waals surface area contributed by atoms with Crippen LogP contribution in [0.4, 0.5) is 11.5 Å². The normalized spacial score (nSPS) is 10.6. The Hall–Kier alpha value is -2.22. The molecule has 0 atom stereocenters. The van der Waals surface area contributed by atoms with Crippen LogP contribution in [0.15, 0.2) is 40.9 Å². The Morgan fingerprint density at radius 1 is 1.29 bits per heavy atom. The summed E-state index contributed by atoms with van der Waals surface area (Å²) in [6, 6.07) is 9.74. The van der Waals surface area contributed by atoms with Crippen molar-refractivity contribution in [1.82, 2.24) is 15.0 Å². The van der Waals surface area contributed by atoms with Crippen LogP contribution in [-0.4, -0.2) is 15.0 Å². The molecule has 0 spiro atoms. The number of nitrogens with zero attached hydrogens (tertiary/aromatic N) is 5. The second kappa shape index (κ2) is 9.51. The van der Waals surface area contributed by atoms with Crippen molar-refractivity contribution >= 4 is 80.1 Å². The highest BCUT2D eigenvalue weighted by Crippen LogP contribution is 2.43. The summed E-state index contributed by atoms with van der Waals surface area (Å²) in [5, 5.41) is 13.9. The number of hydrogen-bond acceptors (Lipinski definition) is 8. The lowest BCUT2D eigenvalue weighted by Gasteiger charge is -2.11. The first kappa shape index (κ1) is 22.0. The van der Waals surface area contributed by atoms with Gasteiger partial charge in [-0.15, -0.1) is 22.7 Å². The van der Waals surface area contributed by atoms with Gasteiger partial charge in [-0.05, 0) is 34.7 Å². The molecule has 31 heavy (non-hydrogen) atoms. The molecule has 0 bridgehead atoms. The maximum absolute atomic E-state index is 9.86. The highest BCUT2D eigenvalue weighted by molar-refractivity contribution is 14.1. The molecule has 11 heteroatoms. The molecule has 1 aromatic carbocycles. The molecule has 0 saturated carbocycles. The predicted molar refractivity (Wildman–Crippen MR) is 136 cm³/mol. The van der Waals surface area contributed by atoms with Crippen molar-refractivity contribution in [2.75, 3.05) is 5.73 Å². The zero-order valence-electron chi connectivity index (χ0n) is 15.5. The molecular weight excluding hydrogens is 583 g/mol. The van der Waals surface area contributed by atoms with Gasteiger partial charge in [0.1, 0.15) is 21.9 Å². The molecule has 0 aliphatic heterocycles. The molecule has 0 aliphatic rings. The SMILES string of the molecule is [C-]#[N+]c1c(N)nc(SCc2csc(-c3ccc(Cl)cc3)n2)c(C#N)c1-c1cnc(I)s1. The van der Waals surface area contributed by atoms with Crippen LogP contribution in [0.25, 0.3) is 25.9 Å². The summed E-state index contributed by atoms with van der Waals surface area (Å²) in [5.74, 6) is 0.623. The van der Waals surface area contributed by atoms with Gasteiger partial charge in [0.25, 0.3) is 0 Å². The van der Waals surface area contributed by atoms with Crippen molar-refractivity contribution in [3.63, 3.8) is 0 Å². The van der Waals surface area contributed by atoms with Crippen molar-refractivity contribution in [2.24, 2.45) is 0 Å². The van der Waals surface area contributed by atoms with E-state index in [0.717, 1.165) is 24.2 Å². The monoisotopic (exact) mass is 592 g/mol. The van der Waals surface area contributed by atoms with Crippen LogP contribution in [0, 0.1) is 20.9 Å². The number of benzene rings is 1. The number of nitrogens with two attached hydrogens (primary N) is 1. The number of anilines is 1. The van der Waals surface area contributed by atoms with Crippen molar-refractivity contribution in [3.8, 4) is 27.1 Å². The number of hydrogen-bond donors (Lipinski definition) is 1. The Morgan fingerprint density at radius 2 is 2.06 bits per heavy atom. The average Bonchev–Trinajstić information content (AvgIpc) is 3.41. The molecule has 6 nitrogen and oxygen atoms in total. The van der Waals surface area contributed by atoms with E-state index in [1.807, 2.05) is 29.6 Å². The Bertz CT molecular complexity index is 1350. The molecule has 2 N–H and O–H groups in total. The fourth-order valence-corrected chi connectivity index (χ4v) is 6.23. The maximum atomic E-state index is 9.86. The highest BCUT2D eigenvalue weighted by Gasteiger charge is 2.22. The summed E-state index contributed by atoms with van der Waals surface area (Å²) in [5.41, 5.74) is 8.94. The van der Waals surface area contributed by atoms with Gasteiger partial charge >= 0.3 is 0 Å². The first-order valence-electron chi connectivity index (χ1n) is 8.56. The number of thioether (sulfide) groups is 1. The maximum Gasteiger partial charge on any atom is 0.237 e. The van der Waals surface area contributed by atoms with E-state index in [1.165, 1.54) is 23.1 Å². The lowest BCUT2D eigenvalue weighted by Crippen LogP contribution is -1.99. The van der Waals surface area contributed by atoms with Crippen molar-refractivity contribution in [1.29, 1.82) is 5.26 Å². The molecule has 4 aromatic rings. The fraction of sp³-hybridized carbons (Fsp3) is 0.0500. The molecule has 0 aliphatic carbocycles. The third-order valence-electron chi connectivity index (χ3n) is 4.11. The highest BCUT2D eigenvalue weighted by atomic mass is 127. The number of aromatic nitrogens is 3. The molecular formula is C20H10ClIN6S3. The fourth-order valence-electron chi connectivity index (χ4n) is 2.74. The van der Waals surface area contributed by atoms with Gasteiger partial charge < -0.3 is 5.73 Å². The van der Waals surface area contributed by atoms with Gasteiger partial charge in [-0.1, -0.05) is 35.5 Å². The van der Waals surface area contributed by atoms with Crippen LogP contribution in [0.1, 0.15) is 11.3 Å². The second-order valence-electron chi connectivity index (χ2n) is 6.04. The van der Waals surface area contributed by atoms with E-state index < -0.39 is 0 Å². The Morgan fingerprint density at radius 3 is 2.71 bits per heavy atom. The summed E-state index contributed by atoms with van der Waals surface area (Å²) in [6.45, 7) is 7.51. The standard InChI is InChI=1S/C20H10ClIN6S3/c1-25-16-15(14-7-26-20(22)31-14)13(6-23)19(28-17(16)24)30-9-12-8-29-18(27-12)10-2-4-11(21)5-3-10/h2-5,7-8H,9H2,(H2,24,28). The van der Waals surface area contributed by atoms with E-state index in [2.05, 4.69) is 48.5 Å². The smallest absolute Gasteiger partial charge is 0.237 e. The quantitative estimate of drug-likeness (QED) is 0.154. The number of nitrogen functional groups attached to an aromatic ring is 1. The van der Waals surface area contributed by atoms with Crippen LogP contribution in [0.2, 0.25) is 5.02 Å². The van der Waals surface area contributed by atoms with Crippen LogP contribution in [0.3, 0.4) is 0 Å². The summed E-state index contributed by atoms with van der Waals surface area (Å²) >= 11 is 12.4. The zero-order valence-corrected chi connectivity index (χ0v) is 20.8. The van der Waals surface area contributed by atoms with E-state index in [1.54, 1.807) is 17.5 Å². The third kappa shape index (κ3) is 4.68. The average molecular weight is 593 g/mol. The molecule has 4 rings (SSSR count). The van der Waals surface area contributed by atoms with Crippen molar-refractivity contribution in [2.45, 2.75) is 10.8 Å². The van der Waals surface area contributed by atoms with Gasteiger partial charge in [-0.3, -0.25) is 0 Å². The van der Waals surface area contributed by atoms with E-state index in [0.29, 0.717) is 26.9 Å². The molecule has 0 unspecified atom stereocenters. The Balaban J connectivity index is 1.65. The predicted octanol–water partition coefficient (Wildman–Crippen LogP) is 6.88. The lowest BCUT2D eigenvalue weighted by atomic mass is 10.1. The summed E-state index contributed by atoms with van der Waals surface area (Å²) in [7, 11) is 0. The van der Waals surface area contributed by atoms with E-state index in [9.17, 15) is 5.26 Å². The molecule has 3 heterocycles. The number of halogens is 2. The van der Waals surface area contributed by atoms with Crippen molar-refractivity contribution < 1.29 is 0 Å². The van der Waals surface area contributed by atoms with Gasteiger partial charge in [-0.2, -0.15) is 5.26 Å². The summed E-state index contributed by atoms with van der Waals surface area (Å²) in [4.78, 5) is 17.5. The molecule has 0 amide bonds. The molecule has 0 fully saturated rings. The van der Waals surface area contributed by atoms with Crippen LogP contribution in [0.5, 0.6) is 0 Å². The largest absolute Gasteiger partial charge is 0.392 e. The minimum Gasteiger partial charge on any atom is -0.392 e. The molecule has 3 aromatic heterocycles. The minimum atomic E-state index is 0.107. The first-order chi connectivity index (χ1) is 15.0. The molecule has 152 valence electrons. The third-order valence-corrected chi connectivity index (χ3v) is 8.06. The summed E-state index contributed by atoms with van der Waals surface area (Å²) < 4.78 is 0.814. The van der Waals surface area contributed by atoms with Gasteiger partial charge in [0.05, 0.1) is 17.8 Å². The van der Waals surface area contributed by atoms with Crippen LogP contribution >= 0.6 is 68.6 Å². The number of nitriles is 1. The van der Waals surface area contributed by atoms with Gasteiger partial charge in [-0.25, -0.2) is 19.8 Å². The second-order valence-corrected chi connectivity index (χ2v) is 11.1. The zero-order chi connectivity index (χ0) is 22.0. The van der Waals surface area contributed by atoms with E-state index in [4.69, 9.17) is 23.9 Å². The number of rotatable bonds is 5. The van der Waals surface area contributed by atoms with E-state index in [-0.39, 0.29) is 11.5 Å². The molecule has 0 saturated heterocycles. The van der Waals surface area contributed by atoms with Crippen LogP contribution < -0.4 is 5.73 Å². The lowest BCUT2D eigenvalue weighted by molar-refractivity contribution is 1.12. The number of thiazole rings is 2. The minimum absolute atomic E-state index is 0.107. The van der Waals surface area contributed by atoms with Crippen molar-refractivity contribution in [3.05, 3.63) is 66.6 Å². The van der Waals surface area contributed by atoms with Crippen LogP contribution in [-0.2, 0) is 5.75 Å². The Kier molecular flexibility index (Phi) is 6.74. The Labute approximate surface area is 209 Å². The first-order valence-corrected chi connectivity index (χ1v) is 12.7. The number of pyridine rings is 1. The van der Waals surface area contributed by atoms with Gasteiger partial charge in [0, 0.05) is 38.4 Å². The topological polar surface area (TPSA) is 92.8 Å². The summed E-state index contributed by atoms with van der Waals surface area (Å²) in [6.07, 6.45) is 1.66. The molecule has 0 radical (unpaired) electrons.